The third-order valence-corrected chi connectivity index (χ3v) is 4.84. The van der Waals surface area contributed by atoms with Gasteiger partial charge in [-0.3, -0.25) is 19.2 Å². The molecule has 0 N–H and O–H groups in total. The van der Waals surface area contributed by atoms with E-state index >= 15 is 0 Å². The first kappa shape index (κ1) is 21.2. The summed E-state index contributed by atoms with van der Waals surface area (Å²) in [5.41, 5.74) is 1.28. The molecule has 0 saturated carbocycles. The van der Waals surface area contributed by atoms with Crippen LogP contribution < -0.4 is 9.64 Å². The van der Waals surface area contributed by atoms with Gasteiger partial charge in [-0.15, -0.1) is 0 Å². The lowest BCUT2D eigenvalue weighted by Crippen LogP contribution is -2.45. The van der Waals surface area contributed by atoms with Crippen LogP contribution in [-0.2, 0) is 25.7 Å². The van der Waals surface area contributed by atoms with Crippen LogP contribution in [0.2, 0.25) is 0 Å². The molecule has 1 unspecified atom stereocenters. The summed E-state index contributed by atoms with van der Waals surface area (Å²) >= 11 is 0. The van der Waals surface area contributed by atoms with Gasteiger partial charge in [0.15, 0.2) is 0 Å². The number of carbonyl (C=O) groups is 4. The van der Waals surface area contributed by atoms with E-state index in [2.05, 4.69) is 0 Å². The highest BCUT2D eigenvalue weighted by atomic mass is 16.5. The largest absolute Gasteiger partial charge is 0.427 e. The number of amides is 3. The molecule has 0 aliphatic carbocycles. The Morgan fingerprint density at radius 3 is 2.33 bits per heavy atom. The number of esters is 1. The average molecular weight is 408 g/mol. The molecule has 0 bridgehead atoms. The highest BCUT2D eigenvalue weighted by molar-refractivity contribution is 6.23. The lowest BCUT2D eigenvalue weighted by atomic mass is 10.1. The van der Waals surface area contributed by atoms with E-state index in [1.165, 1.54) is 24.0 Å². The van der Waals surface area contributed by atoms with Crippen LogP contribution in [0.4, 0.5) is 5.69 Å². The molecule has 1 fully saturated rings. The zero-order valence-corrected chi connectivity index (χ0v) is 17.0. The first-order valence-electron chi connectivity index (χ1n) is 9.89. The van der Waals surface area contributed by atoms with E-state index in [9.17, 15) is 19.2 Å². The summed E-state index contributed by atoms with van der Waals surface area (Å²) in [4.78, 5) is 52.3. The number of nitrogens with zero attached hydrogens (tertiary/aromatic N) is 2. The van der Waals surface area contributed by atoms with E-state index in [1.807, 2.05) is 37.3 Å². The second-order valence-corrected chi connectivity index (χ2v) is 7.13. The molecule has 1 aliphatic heterocycles. The van der Waals surface area contributed by atoms with Gasteiger partial charge in [0.25, 0.3) is 5.91 Å². The Morgan fingerprint density at radius 2 is 1.73 bits per heavy atom. The van der Waals surface area contributed by atoms with Crippen molar-refractivity contribution in [1.29, 1.82) is 0 Å². The van der Waals surface area contributed by atoms with Crippen molar-refractivity contribution in [3.63, 3.8) is 0 Å². The fourth-order valence-corrected chi connectivity index (χ4v) is 3.47. The Bertz CT molecular complexity index is 940. The Kier molecular flexibility index (Phi) is 6.61. The van der Waals surface area contributed by atoms with E-state index in [-0.39, 0.29) is 24.8 Å². The monoisotopic (exact) mass is 408 g/mol. The van der Waals surface area contributed by atoms with Crippen LogP contribution in [0.25, 0.3) is 0 Å². The summed E-state index contributed by atoms with van der Waals surface area (Å²) in [5.74, 6) is -1.08. The van der Waals surface area contributed by atoms with Crippen molar-refractivity contribution >= 4 is 29.4 Å². The Labute approximate surface area is 175 Å². The molecule has 3 rings (SSSR count). The maximum absolute atomic E-state index is 13.1. The Hall–Kier alpha value is -3.48. The van der Waals surface area contributed by atoms with Crippen molar-refractivity contribution in [3.8, 4) is 5.75 Å². The molecular formula is C23H24N2O5. The maximum Gasteiger partial charge on any atom is 0.308 e. The highest BCUT2D eigenvalue weighted by Crippen LogP contribution is 2.28. The van der Waals surface area contributed by atoms with Gasteiger partial charge in [0.2, 0.25) is 11.8 Å². The molecule has 1 heterocycles. The maximum atomic E-state index is 13.1. The molecule has 7 nitrogen and oxygen atoms in total. The topological polar surface area (TPSA) is 84.0 Å². The van der Waals surface area contributed by atoms with E-state index in [4.69, 9.17) is 4.74 Å². The van der Waals surface area contributed by atoms with Gasteiger partial charge < -0.3 is 9.64 Å². The number of hydrogen-bond donors (Lipinski definition) is 0. The van der Waals surface area contributed by atoms with E-state index < -0.39 is 17.9 Å². The summed E-state index contributed by atoms with van der Waals surface area (Å²) in [6.45, 7) is 3.46. The predicted molar refractivity (Wildman–Crippen MR) is 111 cm³/mol. The summed E-state index contributed by atoms with van der Waals surface area (Å²) in [5, 5.41) is 0. The van der Waals surface area contributed by atoms with Crippen molar-refractivity contribution in [2.45, 2.75) is 45.7 Å². The molecule has 1 atom stereocenters. The average Bonchev–Trinajstić information content (AvgIpc) is 3.01. The smallest absolute Gasteiger partial charge is 0.308 e. The van der Waals surface area contributed by atoms with Gasteiger partial charge in [-0.25, -0.2) is 4.90 Å². The van der Waals surface area contributed by atoms with Crippen LogP contribution >= 0.6 is 0 Å². The van der Waals surface area contributed by atoms with Gasteiger partial charge in [0.1, 0.15) is 11.8 Å². The van der Waals surface area contributed by atoms with Gasteiger partial charge in [0, 0.05) is 19.9 Å². The predicted octanol–water partition coefficient (Wildman–Crippen LogP) is 3.07. The number of anilines is 1. The molecule has 7 heteroatoms. The van der Waals surface area contributed by atoms with Crippen molar-refractivity contribution < 1.29 is 23.9 Å². The minimum Gasteiger partial charge on any atom is -0.427 e. The number of ether oxygens (including phenoxy) is 1. The fraction of sp³-hybridized carbons (Fsp3) is 0.304. The van der Waals surface area contributed by atoms with E-state index in [0.29, 0.717) is 24.3 Å². The molecule has 1 saturated heterocycles. The molecule has 156 valence electrons. The summed E-state index contributed by atoms with van der Waals surface area (Å²) in [6, 6.07) is 14.7. The third kappa shape index (κ3) is 4.74. The van der Waals surface area contributed by atoms with Crippen molar-refractivity contribution in [1.82, 2.24) is 4.90 Å². The molecule has 2 aromatic carbocycles. The molecule has 2 aromatic rings. The highest BCUT2D eigenvalue weighted by Gasteiger charge is 2.44. The lowest BCUT2D eigenvalue weighted by Gasteiger charge is -2.28. The van der Waals surface area contributed by atoms with Crippen LogP contribution in [0.3, 0.4) is 0 Å². The molecule has 0 spiro atoms. The van der Waals surface area contributed by atoms with Crippen molar-refractivity contribution in [3.05, 3.63) is 60.2 Å². The SMILES string of the molecule is CCCC(=O)N(Cc1ccccc1)C1CC(=O)N(c2ccc(OC(C)=O)cc2)C1=O. The Balaban J connectivity index is 1.84. The van der Waals surface area contributed by atoms with Gasteiger partial charge in [-0.2, -0.15) is 0 Å². The molecule has 1 aliphatic rings. The third-order valence-electron chi connectivity index (χ3n) is 4.84. The molecule has 3 amide bonds. The van der Waals surface area contributed by atoms with E-state index in [1.54, 1.807) is 12.1 Å². The minimum atomic E-state index is -0.843. The van der Waals surface area contributed by atoms with Crippen LogP contribution in [-0.4, -0.2) is 34.6 Å². The van der Waals surface area contributed by atoms with Crippen molar-refractivity contribution in [2.24, 2.45) is 0 Å². The number of hydrogen-bond acceptors (Lipinski definition) is 5. The zero-order chi connectivity index (χ0) is 21.7. The minimum absolute atomic E-state index is 0.0627. The van der Waals surface area contributed by atoms with Crippen LogP contribution in [0.1, 0.15) is 38.7 Å². The summed E-state index contributed by atoms with van der Waals surface area (Å²) in [7, 11) is 0. The first-order chi connectivity index (χ1) is 14.4. The van der Waals surface area contributed by atoms with Crippen LogP contribution in [0.15, 0.2) is 54.6 Å². The van der Waals surface area contributed by atoms with Gasteiger partial charge in [-0.05, 0) is 36.2 Å². The lowest BCUT2D eigenvalue weighted by molar-refractivity contribution is -0.139. The first-order valence-corrected chi connectivity index (χ1v) is 9.89. The number of imide groups is 1. The molecular weight excluding hydrogens is 384 g/mol. The number of benzene rings is 2. The summed E-state index contributed by atoms with van der Waals surface area (Å²) < 4.78 is 4.99. The van der Waals surface area contributed by atoms with E-state index in [0.717, 1.165) is 10.5 Å². The van der Waals surface area contributed by atoms with Crippen LogP contribution in [0, 0.1) is 0 Å². The quantitative estimate of drug-likeness (QED) is 0.399. The number of rotatable bonds is 7. The molecule has 0 aromatic heterocycles. The standard InChI is InChI=1S/C23H24N2O5/c1-3-7-21(27)24(15-17-8-5-4-6-9-17)20-14-22(28)25(23(20)29)18-10-12-19(13-11-18)30-16(2)26/h4-6,8-13,20H,3,7,14-15H2,1-2H3. The molecule has 30 heavy (non-hydrogen) atoms. The normalized spacial score (nSPS) is 15.9. The van der Waals surface area contributed by atoms with Crippen LogP contribution in [0.5, 0.6) is 5.75 Å². The number of carbonyl (C=O) groups excluding carboxylic acids is 4. The fourth-order valence-electron chi connectivity index (χ4n) is 3.47. The van der Waals surface area contributed by atoms with Gasteiger partial charge in [-0.1, -0.05) is 37.3 Å². The van der Waals surface area contributed by atoms with Gasteiger partial charge in [0.05, 0.1) is 12.1 Å². The van der Waals surface area contributed by atoms with Gasteiger partial charge >= 0.3 is 5.97 Å². The second kappa shape index (κ2) is 9.35. The molecule has 0 radical (unpaired) electrons. The Morgan fingerprint density at radius 1 is 1.07 bits per heavy atom. The zero-order valence-electron chi connectivity index (χ0n) is 17.0. The van der Waals surface area contributed by atoms with Crippen molar-refractivity contribution in [2.75, 3.05) is 4.90 Å². The summed E-state index contributed by atoms with van der Waals surface area (Å²) in [6.07, 6.45) is 0.898. The second-order valence-electron chi connectivity index (χ2n) is 7.13.